The van der Waals surface area contributed by atoms with Crippen LogP contribution in [0.15, 0.2) is 48.5 Å². The van der Waals surface area contributed by atoms with Gasteiger partial charge in [-0.05, 0) is 24.6 Å². The number of carbonyl (C=O) groups is 1. The summed E-state index contributed by atoms with van der Waals surface area (Å²) in [7, 11) is 0. The lowest BCUT2D eigenvalue weighted by Crippen LogP contribution is -2.07. The fraction of sp³-hybridized carbons (Fsp3) is 0.350. The second kappa shape index (κ2) is 8.39. The number of hydrogen-bond donors (Lipinski definition) is 1. The van der Waals surface area contributed by atoms with E-state index in [1.54, 1.807) is 6.07 Å². The third kappa shape index (κ3) is 5.01. The molecule has 2 aromatic rings. The smallest absolute Gasteiger partial charge is 0.310 e. The van der Waals surface area contributed by atoms with Crippen LogP contribution in [0.2, 0.25) is 0 Å². The van der Waals surface area contributed by atoms with Gasteiger partial charge in [0, 0.05) is 12.5 Å². The molecule has 0 saturated heterocycles. The van der Waals surface area contributed by atoms with Crippen molar-refractivity contribution in [3.05, 3.63) is 59.7 Å². The Hall–Kier alpha value is -2.49. The molecule has 0 aromatic heterocycles. The third-order valence-electron chi connectivity index (χ3n) is 3.63. The minimum atomic E-state index is -0.795. The van der Waals surface area contributed by atoms with Crippen LogP contribution in [0, 0.1) is 12.8 Å². The van der Waals surface area contributed by atoms with Gasteiger partial charge in [-0.25, -0.2) is 0 Å². The maximum atomic E-state index is 10.8. The highest BCUT2D eigenvalue weighted by Crippen LogP contribution is 2.35. The van der Waals surface area contributed by atoms with E-state index in [4.69, 9.17) is 14.6 Å². The Morgan fingerprint density at radius 1 is 1.12 bits per heavy atom. The molecule has 1 saturated carbocycles. The van der Waals surface area contributed by atoms with Crippen molar-refractivity contribution >= 4 is 5.97 Å². The quantitative estimate of drug-likeness (QED) is 0.851. The molecule has 128 valence electrons. The van der Waals surface area contributed by atoms with Gasteiger partial charge in [-0.1, -0.05) is 49.7 Å². The van der Waals surface area contributed by atoms with Crippen molar-refractivity contribution in [3.63, 3.8) is 0 Å². The van der Waals surface area contributed by atoms with Gasteiger partial charge in [-0.2, -0.15) is 0 Å². The molecule has 1 aliphatic carbocycles. The fourth-order valence-corrected chi connectivity index (χ4v) is 2.34. The summed E-state index contributed by atoms with van der Waals surface area (Å²) in [6, 6.07) is 15.5. The molecule has 1 fully saturated rings. The van der Waals surface area contributed by atoms with Crippen molar-refractivity contribution in [1.29, 1.82) is 0 Å². The van der Waals surface area contributed by atoms with Crippen LogP contribution in [0.1, 0.15) is 31.4 Å². The average molecular weight is 328 g/mol. The van der Waals surface area contributed by atoms with Crippen LogP contribution in [-0.4, -0.2) is 17.2 Å². The van der Waals surface area contributed by atoms with Crippen LogP contribution in [-0.2, 0) is 11.4 Å². The maximum Gasteiger partial charge on any atom is 0.310 e. The number of rotatable bonds is 6. The molecule has 1 N–H and O–H groups in total. The number of ether oxygens (including phenoxy) is 2. The largest absolute Gasteiger partial charge is 0.489 e. The SMILES string of the molecule is CC.Cc1cccc(COc2cccc(O[C@@H]3CC3C(=O)O)c2)c1. The molecule has 4 nitrogen and oxygen atoms in total. The molecule has 2 aromatic carbocycles. The number of benzene rings is 2. The van der Waals surface area contributed by atoms with Gasteiger partial charge in [-0.3, -0.25) is 4.79 Å². The third-order valence-corrected chi connectivity index (χ3v) is 3.63. The molecule has 0 radical (unpaired) electrons. The van der Waals surface area contributed by atoms with Crippen LogP contribution in [0.3, 0.4) is 0 Å². The first kappa shape index (κ1) is 17.9. The predicted molar refractivity (Wildman–Crippen MR) is 93.5 cm³/mol. The Morgan fingerprint density at radius 3 is 2.50 bits per heavy atom. The Kier molecular flexibility index (Phi) is 6.24. The molecule has 4 heteroatoms. The number of carboxylic acid groups (broad SMARTS) is 1. The number of aliphatic carboxylic acids is 1. The lowest BCUT2D eigenvalue weighted by atomic mass is 10.1. The number of hydrogen-bond acceptors (Lipinski definition) is 3. The Labute approximate surface area is 143 Å². The number of carboxylic acids is 1. The summed E-state index contributed by atoms with van der Waals surface area (Å²) in [5.41, 5.74) is 2.31. The molecule has 24 heavy (non-hydrogen) atoms. The monoisotopic (exact) mass is 328 g/mol. The molecule has 0 heterocycles. The Balaban J connectivity index is 0.00000100. The zero-order valence-corrected chi connectivity index (χ0v) is 14.4. The van der Waals surface area contributed by atoms with Crippen LogP contribution in [0.4, 0.5) is 0 Å². The molecule has 3 rings (SSSR count). The average Bonchev–Trinajstić information content (AvgIpc) is 3.35. The zero-order valence-electron chi connectivity index (χ0n) is 14.4. The summed E-state index contributed by atoms with van der Waals surface area (Å²) in [5, 5.41) is 8.88. The summed E-state index contributed by atoms with van der Waals surface area (Å²) in [4.78, 5) is 10.8. The van der Waals surface area contributed by atoms with Crippen molar-refractivity contribution in [2.75, 3.05) is 0 Å². The van der Waals surface area contributed by atoms with Gasteiger partial charge in [0.2, 0.25) is 0 Å². The fourth-order valence-electron chi connectivity index (χ4n) is 2.34. The van der Waals surface area contributed by atoms with E-state index >= 15 is 0 Å². The van der Waals surface area contributed by atoms with Crippen molar-refractivity contribution < 1.29 is 19.4 Å². The molecule has 1 aliphatic rings. The highest BCUT2D eigenvalue weighted by atomic mass is 16.5. The van der Waals surface area contributed by atoms with E-state index < -0.39 is 5.97 Å². The summed E-state index contributed by atoms with van der Waals surface area (Å²) in [6.45, 7) is 6.54. The van der Waals surface area contributed by atoms with E-state index in [2.05, 4.69) is 6.07 Å². The molecule has 0 bridgehead atoms. The van der Waals surface area contributed by atoms with Crippen molar-refractivity contribution in [2.45, 2.75) is 39.9 Å². The van der Waals surface area contributed by atoms with Crippen LogP contribution >= 0.6 is 0 Å². The topological polar surface area (TPSA) is 55.8 Å². The first-order valence-corrected chi connectivity index (χ1v) is 8.30. The molecule has 0 aliphatic heterocycles. The van der Waals surface area contributed by atoms with Crippen molar-refractivity contribution in [2.24, 2.45) is 5.92 Å². The molecule has 2 atom stereocenters. The van der Waals surface area contributed by atoms with Gasteiger partial charge in [0.25, 0.3) is 0 Å². The Morgan fingerprint density at radius 2 is 1.83 bits per heavy atom. The normalized spacial score (nSPS) is 18.1. The summed E-state index contributed by atoms with van der Waals surface area (Å²) in [6.07, 6.45) is 0.355. The predicted octanol–water partition coefficient (Wildman–Crippen LogP) is 4.45. The summed E-state index contributed by atoms with van der Waals surface area (Å²) < 4.78 is 11.4. The van der Waals surface area contributed by atoms with Gasteiger partial charge in [-0.15, -0.1) is 0 Å². The van der Waals surface area contributed by atoms with Crippen LogP contribution in [0.25, 0.3) is 0 Å². The molecule has 0 amide bonds. The number of aryl methyl sites for hydroxylation is 1. The minimum absolute atomic E-state index is 0.218. The molecule has 1 unspecified atom stereocenters. The first-order chi connectivity index (χ1) is 11.6. The highest BCUT2D eigenvalue weighted by molar-refractivity contribution is 5.74. The van der Waals surface area contributed by atoms with Gasteiger partial charge in [0.05, 0.1) is 5.92 Å². The second-order valence-corrected chi connectivity index (χ2v) is 5.59. The minimum Gasteiger partial charge on any atom is -0.489 e. The van der Waals surface area contributed by atoms with Gasteiger partial charge >= 0.3 is 5.97 Å². The lowest BCUT2D eigenvalue weighted by molar-refractivity contribution is -0.139. The van der Waals surface area contributed by atoms with Gasteiger partial charge in [0.1, 0.15) is 24.2 Å². The van der Waals surface area contributed by atoms with E-state index in [0.717, 1.165) is 5.56 Å². The first-order valence-electron chi connectivity index (χ1n) is 8.30. The van der Waals surface area contributed by atoms with Crippen LogP contribution < -0.4 is 9.47 Å². The second-order valence-electron chi connectivity index (χ2n) is 5.59. The zero-order chi connectivity index (χ0) is 17.5. The highest BCUT2D eigenvalue weighted by Gasteiger charge is 2.45. The molecular weight excluding hydrogens is 304 g/mol. The summed E-state index contributed by atoms with van der Waals surface area (Å²) in [5.74, 6) is 0.191. The standard InChI is InChI=1S/C18H18O4.C2H6/c1-12-4-2-5-13(8-12)11-21-14-6-3-7-15(9-14)22-17-10-16(17)18(19)20;1-2/h2-9,16-17H,10-11H2,1H3,(H,19,20);1-2H3/t16?,17-;/m1./s1. The van der Waals surface area contributed by atoms with Crippen molar-refractivity contribution in [3.8, 4) is 11.5 Å². The van der Waals surface area contributed by atoms with E-state index in [0.29, 0.717) is 24.5 Å². The Bertz CT molecular complexity index is 681. The van der Waals surface area contributed by atoms with E-state index in [-0.39, 0.29) is 12.0 Å². The van der Waals surface area contributed by atoms with E-state index in [1.165, 1.54) is 5.56 Å². The van der Waals surface area contributed by atoms with Crippen molar-refractivity contribution in [1.82, 2.24) is 0 Å². The van der Waals surface area contributed by atoms with E-state index in [1.807, 2.05) is 57.2 Å². The molecular formula is C20H24O4. The molecule has 0 spiro atoms. The van der Waals surface area contributed by atoms with Gasteiger partial charge in [0.15, 0.2) is 0 Å². The maximum absolute atomic E-state index is 10.8. The van der Waals surface area contributed by atoms with Gasteiger partial charge < -0.3 is 14.6 Å². The summed E-state index contributed by atoms with van der Waals surface area (Å²) >= 11 is 0. The lowest BCUT2D eigenvalue weighted by Gasteiger charge is -2.09. The van der Waals surface area contributed by atoms with E-state index in [9.17, 15) is 4.79 Å². The van der Waals surface area contributed by atoms with Crippen LogP contribution in [0.5, 0.6) is 11.5 Å².